The van der Waals surface area contributed by atoms with Crippen molar-refractivity contribution < 1.29 is 17.9 Å². The second-order valence-corrected chi connectivity index (χ2v) is 9.72. The lowest BCUT2D eigenvalue weighted by atomic mass is 10.2. The summed E-state index contributed by atoms with van der Waals surface area (Å²) in [4.78, 5) is 17.1. The molecule has 3 aromatic rings. The Hall–Kier alpha value is -2.75. The molecule has 0 saturated heterocycles. The molecule has 1 amide bonds. The fraction of sp³-hybridized carbons (Fsp3) is 0.238. The smallest absolute Gasteiger partial charge is 0.257 e. The Bertz CT molecular complexity index is 1120. The molecule has 0 atom stereocenters. The Morgan fingerprint density at radius 1 is 1.10 bits per heavy atom. The number of methoxy groups -OCH3 is 1. The van der Waals surface area contributed by atoms with Gasteiger partial charge in [0.05, 0.1) is 17.7 Å². The zero-order chi connectivity index (χ0) is 21.9. The minimum absolute atomic E-state index is 0.145. The summed E-state index contributed by atoms with van der Waals surface area (Å²) in [5.74, 6) is 0.402. The van der Waals surface area contributed by atoms with E-state index >= 15 is 0 Å². The van der Waals surface area contributed by atoms with E-state index in [4.69, 9.17) is 4.74 Å². The molecular formula is C21H23N3O4S2. The van der Waals surface area contributed by atoms with Crippen molar-refractivity contribution >= 4 is 32.4 Å². The Labute approximate surface area is 180 Å². The minimum atomic E-state index is -3.59. The number of carbonyl (C=O) groups is 1. The Kier molecular flexibility index (Phi) is 6.55. The monoisotopic (exact) mass is 445 g/mol. The Balaban J connectivity index is 1.71. The van der Waals surface area contributed by atoms with E-state index in [0.29, 0.717) is 10.7 Å². The van der Waals surface area contributed by atoms with E-state index in [1.807, 2.05) is 29.6 Å². The molecule has 0 unspecified atom stereocenters. The van der Waals surface area contributed by atoms with Crippen molar-refractivity contribution in [3.8, 4) is 17.0 Å². The molecule has 1 N–H and O–H groups in total. The van der Waals surface area contributed by atoms with E-state index in [2.05, 4.69) is 10.3 Å². The number of hydrogen-bond donors (Lipinski definition) is 1. The van der Waals surface area contributed by atoms with E-state index < -0.39 is 10.0 Å². The molecule has 1 aromatic heterocycles. The summed E-state index contributed by atoms with van der Waals surface area (Å²) in [5.41, 5.74) is 2.01. The van der Waals surface area contributed by atoms with Gasteiger partial charge in [-0.3, -0.25) is 10.1 Å². The van der Waals surface area contributed by atoms with E-state index in [1.54, 1.807) is 21.0 Å². The first-order valence-corrected chi connectivity index (χ1v) is 11.5. The topological polar surface area (TPSA) is 88.6 Å². The summed E-state index contributed by atoms with van der Waals surface area (Å²) >= 11 is 1.31. The van der Waals surface area contributed by atoms with Crippen LogP contribution >= 0.6 is 11.3 Å². The number of nitrogens with one attached hydrogen (secondary N) is 1. The molecule has 0 spiro atoms. The SMILES string of the molecule is COc1ccc(-c2csc(NC(=O)c3ccc(S(=O)(=O)N(C)C(C)C)cc3)n2)cc1. The van der Waals surface area contributed by atoms with Gasteiger partial charge in [0, 0.05) is 29.6 Å². The molecule has 0 aliphatic carbocycles. The van der Waals surface area contributed by atoms with Gasteiger partial charge in [0.1, 0.15) is 5.75 Å². The zero-order valence-electron chi connectivity index (χ0n) is 17.1. The number of benzene rings is 2. The van der Waals surface area contributed by atoms with Crippen molar-refractivity contribution in [2.45, 2.75) is 24.8 Å². The van der Waals surface area contributed by atoms with Gasteiger partial charge in [-0.15, -0.1) is 11.3 Å². The lowest BCUT2D eigenvalue weighted by Crippen LogP contribution is -2.33. The fourth-order valence-electron chi connectivity index (χ4n) is 2.62. The first-order valence-electron chi connectivity index (χ1n) is 9.22. The third-order valence-electron chi connectivity index (χ3n) is 4.63. The van der Waals surface area contributed by atoms with Crippen LogP contribution in [-0.2, 0) is 10.0 Å². The molecule has 0 aliphatic heterocycles. The Morgan fingerprint density at radius 2 is 1.73 bits per heavy atom. The summed E-state index contributed by atoms with van der Waals surface area (Å²) in [7, 11) is -0.451. The number of amides is 1. The molecule has 30 heavy (non-hydrogen) atoms. The lowest BCUT2D eigenvalue weighted by molar-refractivity contribution is 0.102. The van der Waals surface area contributed by atoms with Gasteiger partial charge in [-0.1, -0.05) is 0 Å². The third kappa shape index (κ3) is 4.69. The maximum absolute atomic E-state index is 12.5. The number of aromatic nitrogens is 1. The van der Waals surface area contributed by atoms with Gasteiger partial charge in [-0.2, -0.15) is 4.31 Å². The van der Waals surface area contributed by atoms with E-state index in [0.717, 1.165) is 17.0 Å². The molecule has 2 aromatic carbocycles. The van der Waals surface area contributed by atoms with Crippen LogP contribution in [0.15, 0.2) is 58.8 Å². The van der Waals surface area contributed by atoms with Crippen LogP contribution in [-0.4, -0.2) is 43.8 Å². The fourth-order valence-corrected chi connectivity index (χ4v) is 4.70. The normalized spacial score (nSPS) is 11.7. The summed E-state index contributed by atoms with van der Waals surface area (Å²) in [6.07, 6.45) is 0. The summed E-state index contributed by atoms with van der Waals surface area (Å²) in [6, 6.07) is 13.2. The van der Waals surface area contributed by atoms with Crippen LogP contribution in [0.4, 0.5) is 5.13 Å². The molecule has 0 saturated carbocycles. The molecule has 3 rings (SSSR count). The van der Waals surface area contributed by atoms with Gasteiger partial charge >= 0.3 is 0 Å². The number of sulfonamides is 1. The summed E-state index contributed by atoms with van der Waals surface area (Å²) in [5, 5.41) is 5.07. The van der Waals surface area contributed by atoms with E-state index in [9.17, 15) is 13.2 Å². The van der Waals surface area contributed by atoms with Crippen molar-refractivity contribution in [2.24, 2.45) is 0 Å². The highest BCUT2D eigenvalue weighted by Crippen LogP contribution is 2.27. The second-order valence-electron chi connectivity index (χ2n) is 6.86. The number of hydrogen-bond acceptors (Lipinski definition) is 6. The van der Waals surface area contributed by atoms with Crippen LogP contribution < -0.4 is 10.1 Å². The van der Waals surface area contributed by atoms with E-state index in [-0.39, 0.29) is 16.8 Å². The van der Waals surface area contributed by atoms with E-state index in [1.165, 1.54) is 47.0 Å². The van der Waals surface area contributed by atoms with Gasteiger partial charge in [-0.05, 0) is 62.4 Å². The predicted molar refractivity (Wildman–Crippen MR) is 119 cm³/mol. The molecule has 0 aliphatic rings. The number of anilines is 1. The average Bonchev–Trinajstić information content (AvgIpc) is 3.21. The number of nitrogens with zero attached hydrogens (tertiary/aromatic N) is 2. The molecule has 158 valence electrons. The van der Waals surface area contributed by atoms with Gasteiger partial charge in [-0.25, -0.2) is 13.4 Å². The Morgan fingerprint density at radius 3 is 2.30 bits per heavy atom. The number of ether oxygens (including phenoxy) is 1. The van der Waals surface area contributed by atoms with Crippen molar-refractivity contribution in [3.63, 3.8) is 0 Å². The van der Waals surface area contributed by atoms with Crippen molar-refractivity contribution in [1.82, 2.24) is 9.29 Å². The van der Waals surface area contributed by atoms with Crippen molar-refractivity contribution in [2.75, 3.05) is 19.5 Å². The van der Waals surface area contributed by atoms with Gasteiger partial charge < -0.3 is 4.74 Å². The molecule has 0 radical (unpaired) electrons. The van der Waals surface area contributed by atoms with Gasteiger partial charge in [0.15, 0.2) is 5.13 Å². The number of thiazole rings is 1. The quantitative estimate of drug-likeness (QED) is 0.591. The molecule has 0 fully saturated rings. The maximum Gasteiger partial charge on any atom is 0.257 e. The highest BCUT2D eigenvalue weighted by atomic mass is 32.2. The van der Waals surface area contributed by atoms with Crippen LogP contribution in [0.5, 0.6) is 5.75 Å². The van der Waals surface area contributed by atoms with Gasteiger partial charge in [0.25, 0.3) is 5.91 Å². The maximum atomic E-state index is 12.5. The van der Waals surface area contributed by atoms with Crippen molar-refractivity contribution in [1.29, 1.82) is 0 Å². The molecule has 9 heteroatoms. The first kappa shape index (κ1) is 21.9. The molecule has 0 bridgehead atoms. The first-order chi connectivity index (χ1) is 14.2. The average molecular weight is 446 g/mol. The minimum Gasteiger partial charge on any atom is -0.497 e. The van der Waals surface area contributed by atoms with Crippen LogP contribution in [0.3, 0.4) is 0 Å². The van der Waals surface area contributed by atoms with Crippen LogP contribution in [0.2, 0.25) is 0 Å². The lowest BCUT2D eigenvalue weighted by Gasteiger charge is -2.20. The third-order valence-corrected chi connectivity index (χ3v) is 7.44. The van der Waals surface area contributed by atoms with Gasteiger partial charge in [0.2, 0.25) is 10.0 Å². The number of carbonyl (C=O) groups excluding carboxylic acids is 1. The molecule has 1 heterocycles. The summed E-state index contributed by atoms with van der Waals surface area (Å²) < 4.78 is 31.5. The van der Waals surface area contributed by atoms with Crippen LogP contribution in [0.1, 0.15) is 24.2 Å². The predicted octanol–water partition coefficient (Wildman–Crippen LogP) is 4.10. The summed E-state index contributed by atoms with van der Waals surface area (Å²) in [6.45, 7) is 3.60. The van der Waals surface area contributed by atoms with Crippen molar-refractivity contribution in [3.05, 3.63) is 59.5 Å². The highest BCUT2D eigenvalue weighted by molar-refractivity contribution is 7.89. The number of rotatable bonds is 7. The standard InChI is InChI=1S/C21H23N3O4S2/c1-14(2)24(3)30(26,27)18-11-7-16(8-12-18)20(25)23-21-22-19(13-29-21)15-5-9-17(28-4)10-6-15/h5-14H,1-4H3,(H,22,23,25). The molecule has 7 nitrogen and oxygen atoms in total. The van der Waals surface area contributed by atoms with Crippen LogP contribution in [0.25, 0.3) is 11.3 Å². The largest absolute Gasteiger partial charge is 0.497 e. The zero-order valence-corrected chi connectivity index (χ0v) is 18.8. The second kappa shape index (κ2) is 8.95. The van der Waals surface area contributed by atoms with Crippen LogP contribution in [0, 0.1) is 0 Å². The highest BCUT2D eigenvalue weighted by Gasteiger charge is 2.23. The molecular weight excluding hydrogens is 422 g/mol.